The van der Waals surface area contributed by atoms with Gasteiger partial charge >= 0.3 is 0 Å². The first kappa shape index (κ1) is 16.9. The van der Waals surface area contributed by atoms with Gasteiger partial charge in [-0.2, -0.15) is 4.31 Å². The summed E-state index contributed by atoms with van der Waals surface area (Å²) in [6.45, 7) is 4.44. The van der Waals surface area contributed by atoms with Crippen molar-refractivity contribution in [2.45, 2.75) is 44.0 Å². The highest BCUT2D eigenvalue weighted by atomic mass is 32.2. The van der Waals surface area contributed by atoms with E-state index < -0.39 is 21.7 Å². The van der Waals surface area contributed by atoms with Crippen LogP contribution in [0.25, 0.3) is 0 Å². The second-order valence-corrected chi connectivity index (χ2v) is 7.67. The fourth-order valence-electron chi connectivity index (χ4n) is 2.43. The van der Waals surface area contributed by atoms with Crippen molar-refractivity contribution in [3.05, 3.63) is 29.6 Å². The molecule has 1 aromatic rings. The molecule has 5 nitrogen and oxygen atoms in total. The average molecular weight is 328 g/mol. The van der Waals surface area contributed by atoms with Gasteiger partial charge in [0.05, 0.1) is 10.5 Å². The smallest absolute Gasteiger partial charge is 0.254 e. The van der Waals surface area contributed by atoms with Crippen LogP contribution in [0.5, 0.6) is 0 Å². The molecular formula is C15H21FN2O3S. The zero-order valence-corrected chi connectivity index (χ0v) is 13.6. The largest absolute Gasteiger partial charge is 0.350 e. The van der Waals surface area contributed by atoms with Crippen molar-refractivity contribution in [1.29, 1.82) is 0 Å². The van der Waals surface area contributed by atoms with Gasteiger partial charge < -0.3 is 5.32 Å². The molecule has 1 N–H and O–H groups in total. The lowest BCUT2D eigenvalue weighted by Crippen LogP contribution is -2.36. The van der Waals surface area contributed by atoms with Gasteiger partial charge in [-0.25, -0.2) is 12.8 Å². The molecule has 0 radical (unpaired) electrons. The van der Waals surface area contributed by atoms with E-state index in [-0.39, 0.29) is 16.5 Å². The molecule has 0 aromatic heterocycles. The van der Waals surface area contributed by atoms with Crippen LogP contribution < -0.4 is 5.32 Å². The predicted octanol–water partition coefficient (Wildman–Crippen LogP) is 2.14. The maximum absolute atomic E-state index is 13.8. The molecule has 1 heterocycles. The first-order valence-electron chi connectivity index (χ1n) is 7.43. The zero-order valence-electron chi connectivity index (χ0n) is 12.8. The SMILES string of the molecule is CC(C)NC(=O)c1cc(S(=O)(=O)N2CCCCC2)ccc1F. The van der Waals surface area contributed by atoms with Crippen LogP contribution in [-0.2, 0) is 10.0 Å². The molecule has 1 saturated heterocycles. The van der Waals surface area contributed by atoms with E-state index in [9.17, 15) is 17.6 Å². The first-order valence-corrected chi connectivity index (χ1v) is 8.87. The van der Waals surface area contributed by atoms with E-state index in [1.165, 1.54) is 10.4 Å². The van der Waals surface area contributed by atoms with Crippen molar-refractivity contribution < 1.29 is 17.6 Å². The van der Waals surface area contributed by atoms with E-state index >= 15 is 0 Å². The van der Waals surface area contributed by atoms with E-state index in [2.05, 4.69) is 5.32 Å². The number of hydrogen-bond acceptors (Lipinski definition) is 3. The van der Waals surface area contributed by atoms with E-state index in [0.29, 0.717) is 13.1 Å². The molecule has 1 amide bonds. The minimum atomic E-state index is -3.68. The van der Waals surface area contributed by atoms with Crippen LogP contribution in [0.2, 0.25) is 0 Å². The summed E-state index contributed by atoms with van der Waals surface area (Å²) in [5.74, 6) is -1.33. The molecule has 0 unspecified atom stereocenters. The number of benzene rings is 1. The molecule has 2 rings (SSSR count). The lowest BCUT2D eigenvalue weighted by molar-refractivity contribution is 0.0939. The Balaban J connectivity index is 2.34. The molecule has 1 aliphatic rings. The minimum Gasteiger partial charge on any atom is -0.350 e. The van der Waals surface area contributed by atoms with Crippen molar-refractivity contribution in [2.24, 2.45) is 0 Å². The van der Waals surface area contributed by atoms with E-state index in [0.717, 1.165) is 31.4 Å². The van der Waals surface area contributed by atoms with Gasteiger partial charge in [-0.15, -0.1) is 0 Å². The standard InChI is InChI=1S/C15H21FN2O3S/c1-11(2)17-15(19)13-10-12(6-7-14(13)16)22(20,21)18-8-4-3-5-9-18/h6-7,10-11H,3-5,8-9H2,1-2H3,(H,17,19). The Bertz CT molecular complexity index is 653. The number of sulfonamides is 1. The highest BCUT2D eigenvalue weighted by molar-refractivity contribution is 7.89. The number of nitrogens with one attached hydrogen (secondary N) is 1. The lowest BCUT2D eigenvalue weighted by Gasteiger charge is -2.26. The van der Waals surface area contributed by atoms with Crippen LogP contribution in [0.15, 0.2) is 23.1 Å². The zero-order chi connectivity index (χ0) is 16.3. The van der Waals surface area contributed by atoms with Gasteiger partial charge in [-0.3, -0.25) is 4.79 Å². The quantitative estimate of drug-likeness (QED) is 0.921. The van der Waals surface area contributed by atoms with Gasteiger partial charge in [0.25, 0.3) is 5.91 Å². The van der Waals surface area contributed by atoms with Crippen molar-refractivity contribution in [1.82, 2.24) is 9.62 Å². The van der Waals surface area contributed by atoms with Gasteiger partial charge in [0.1, 0.15) is 5.82 Å². The van der Waals surface area contributed by atoms with E-state index in [1.54, 1.807) is 13.8 Å². The molecule has 7 heteroatoms. The van der Waals surface area contributed by atoms with E-state index in [1.807, 2.05) is 0 Å². The molecule has 22 heavy (non-hydrogen) atoms. The van der Waals surface area contributed by atoms with Crippen molar-refractivity contribution >= 4 is 15.9 Å². The Morgan fingerprint density at radius 3 is 2.45 bits per heavy atom. The van der Waals surface area contributed by atoms with Gasteiger partial charge in [-0.1, -0.05) is 6.42 Å². The summed E-state index contributed by atoms with van der Waals surface area (Å²) in [5.41, 5.74) is -0.244. The molecule has 0 aliphatic carbocycles. The van der Waals surface area contributed by atoms with Crippen LogP contribution in [0.1, 0.15) is 43.5 Å². The van der Waals surface area contributed by atoms with Crippen LogP contribution in [0.3, 0.4) is 0 Å². The Hall–Kier alpha value is -1.47. The number of carbonyl (C=O) groups excluding carboxylic acids is 1. The molecule has 122 valence electrons. The number of amides is 1. The molecule has 0 spiro atoms. The Morgan fingerprint density at radius 1 is 1.23 bits per heavy atom. The third-order valence-corrected chi connectivity index (χ3v) is 5.45. The number of nitrogens with zero attached hydrogens (tertiary/aromatic N) is 1. The summed E-state index contributed by atoms with van der Waals surface area (Å²) in [6.07, 6.45) is 2.65. The molecule has 0 atom stereocenters. The Morgan fingerprint density at radius 2 is 1.86 bits per heavy atom. The molecule has 0 bridgehead atoms. The number of halogens is 1. The van der Waals surface area contributed by atoms with Crippen molar-refractivity contribution in [3.8, 4) is 0 Å². The molecular weight excluding hydrogens is 307 g/mol. The molecule has 1 fully saturated rings. The summed E-state index contributed by atoms with van der Waals surface area (Å²) in [7, 11) is -3.68. The topological polar surface area (TPSA) is 66.5 Å². The van der Waals surface area contributed by atoms with Gasteiger partial charge in [0.15, 0.2) is 0 Å². The monoisotopic (exact) mass is 328 g/mol. The van der Waals surface area contributed by atoms with Crippen LogP contribution >= 0.6 is 0 Å². The van der Waals surface area contributed by atoms with Crippen molar-refractivity contribution in [3.63, 3.8) is 0 Å². The molecule has 0 saturated carbocycles. The first-order chi connectivity index (χ1) is 10.3. The maximum atomic E-state index is 13.8. The van der Waals surface area contributed by atoms with Gasteiger partial charge in [0, 0.05) is 19.1 Å². The van der Waals surface area contributed by atoms with Crippen LogP contribution in [0.4, 0.5) is 4.39 Å². The van der Waals surface area contributed by atoms with Gasteiger partial charge in [0.2, 0.25) is 10.0 Å². The highest BCUT2D eigenvalue weighted by Crippen LogP contribution is 2.22. The number of piperidine rings is 1. The fourth-order valence-corrected chi connectivity index (χ4v) is 3.98. The van der Waals surface area contributed by atoms with Crippen LogP contribution in [0, 0.1) is 5.82 Å². The predicted molar refractivity (Wildman–Crippen MR) is 81.6 cm³/mol. The lowest BCUT2D eigenvalue weighted by atomic mass is 10.2. The molecule has 1 aliphatic heterocycles. The van der Waals surface area contributed by atoms with E-state index in [4.69, 9.17) is 0 Å². The number of carbonyl (C=O) groups is 1. The van der Waals surface area contributed by atoms with Crippen LogP contribution in [-0.4, -0.2) is 37.8 Å². The second kappa shape index (κ2) is 6.75. The normalized spacial score (nSPS) is 16.7. The maximum Gasteiger partial charge on any atom is 0.254 e. The second-order valence-electron chi connectivity index (χ2n) is 5.73. The summed E-state index contributed by atoms with van der Waals surface area (Å²) < 4.78 is 40.4. The number of hydrogen-bond donors (Lipinski definition) is 1. The molecule has 1 aromatic carbocycles. The summed E-state index contributed by atoms with van der Waals surface area (Å²) >= 11 is 0. The average Bonchev–Trinajstić information content (AvgIpc) is 2.47. The summed E-state index contributed by atoms with van der Waals surface area (Å²) in [6, 6.07) is 3.21. The number of rotatable bonds is 4. The summed E-state index contributed by atoms with van der Waals surface area (Å²) in [5, 5.41) is 2.57. The van der Waals surface area contributed by atoms with Gasteiger partial charge in [-0.05, 0) is 44.9 Å². The fraction of sp³-hybridized carbons (Fsp3) is 0.533. The Labute approximate surface area is 130 Å². The summed E-state index contributed by atoms with van der Waals surface area (Å²) in [4.78, 5) is 11.9. The van der Waals surface area contributed by atoms with Crippen molar-refractivity contribution in [2.75, 3.05) is 13.1 Å². The third kappa shape index (κ3) is 3.64. The Kier molecular flexibility index (Phi) is 5.18. The third-order valence-electron chi connectivity index (χ3n) is 3.56. The highest BCUT2D eigenvalue weighted by Gasteiger charge is 2.27. The minimum absolute atomic E-state index is 0.0373.